The Morgan fingerprint density at radius 1 is 0.482 bits per heavy atom. The monoisotopic (exact) mass is 1740 g/mol. The fraction of sp³-hybridized carbons (Fsp3) is 0.525. The lowest BCUT2D eigenvalue weighted by Crippen LogP contribution is -2.49. The number of rotatable bonds is 11. The van der Waals surface area contributed by atoms with Crippen molar-refractivity contribution in [2.45, 2.75) is 159 Å². The van der Waals surface area contributed by atoms with Crippen LogP contribution in [0.1, 0.15) is 165 Å². The molecule has 2 saturated carbocycles. The number of benzene rings is 4. The number of carbonyl (C=O) groups is 4. The van der Waals surface area contributed by atoms with Crippen molar-refractivity contribution >= 4 is 160 Å². The van der Waals surface area contributed by atoms with Crippen LogP contribution in [0.5, 0.6) is 0 Å². The van der Waals surface area contributed by atoms with Crippen LogP contribution in [0.2, 0.25) is 0 Å². The molecule has 2 heterocycles. The van der Waals surface area contributed by atoms with Gasteiger partial charge in [0.05, 0.1) is 56.9 Å². The Morgan fingerprint density at radius 3 is 1.01 bits per heavy atom. The molecule has 462 valence electrons. The number of nitro groups is 4. The molecule has 8 rings (SSSR count). The topological polar surface area (TPSA) is 298 Å². The quantitative estimate of drug-likeness (QED) is 0.0480. The molecular formula is C59H69I5N4O17. The van der Waals surface area contributed by atoms with Gasteiger partial charge >= 0.3 is 23.9 Å². The maximum atomic E-state index is 13.4. The Morgan fingerprint density at radius 2 is 0.765 bits per heavy atom. The second-order valence-electron chi connectivity index (χ2n) is 26.2. The average molecular weight is 1740 g/mol. The van der Waals surface area contributed by atoms with Gasteiger partial charge in [-0.15, -0.1) is 0 Å². The van der Waals surface area contributed by atoms with Crippen molar-refractivity contribution in [3.8, 4) is 0 Å². The minimum absolute atomic E-state index is 0.0191. The first-order valence-corrected chi connectivity index (χ1v) is 32.1. The molecule has 4 fully saturated rings. The Kier molecular flexibility index (Phi) is 21.8. The number of hydrogen-bond acceptors (Lipinski definition) is 17. The second-order valence-corrected chi connectivity index (χ2v) is 32.3. The van der Waals surface area contributed by atoms with Gasteiger partial charge in [0, 0.05) is 60.2 Å². The third-order valence-electron chi connectivity index (χ3n) is 17.2. The van der Waals surface area contributed by atoms with Crippen LogP contribution in [0, 0.1) is 96.2 Å². The Labute approximate surface area is 561 Å². The maximum Gasteiger partial charge on any atom is 0.351 e. The number of esters is 4. The fourth-order valence-electron chi connectivity index (χ4n) is 11.0. The predicted octanol–water partition coefficient (Wildman–Crippen LogP) is 16.0. The molecule has 0 spiro atoms. The van der Waals surface area contributed by atoms with Crippen LogP contribution in [0.3, 0.4) is 0 Å². The van der Waals surface area contributed by atoms with Gasteiger partial charge in [0.25, 0.3) is 22.7 Å². The molecule has 0 amide bonds. The number of halogens is 5. The van der Waals surface area contributed by atoms with Crippen LogP contribution in [0.4, 0.5) is 22.7 Å². The number of fused-ring (bicyclic) bond motifs is 4. The lowest BCUT2D eigenvalue weighted by molar-refractivity contribution is -0.386. The number of hydrogen-bond donors (Lipinski definition) is 1. The van der Waals surface area contributed by atoms with E-state index < -0.39 is 106 Å². The number of nitrogens with zero attached hydrogens (tertiary/aromatic N) is 4. The minimum atomic E-state index is -1.37. The van der Waals surface area contributed by atoms with E-state index in [1.54, 1.807) is 48.5 Å². The number of ether oxygens (including phenoxy) is 4. The van der Waals surface area contributed by atoms with E-state index in [0.29, 0.717) is 53.1 Å². The average Bonchev–Trinajstić information content (AvgIpc) is 1.54. The van der Waals surface area contributed by atoms with E-state index in [9.17, 15) is 64.7 Å². The summed E-state index contributed by atoms with van der Waals surface area (Å²) in [5.41, 5.74) is -6.38. The summed E-state index contributed by atoms with van der Waals surface area (Å²) in [6.45, 7) is 27.7. The molecule has 4 aliphatic rings. The second kappa shape index (κ2) is 25.8. The van der Waals surface area contributed by atoms with Crippen LogP contribution >= 0.6 is 113 Å². The van der Waals surface area contributed by atoms with E-state index in [1.165, 1.54) is 18.2 Å². The largest absolute Gasteiger partial charge is 0.454 e. The zero-order chi connectivity index (χ0) is 64.9. The van der Waals surface area contributed by atoms with Gasteiger partial charge in [0.1, 0.15) is 12.2 Å². The van der Waals surface area contributed by atoms with Crippen LogP contribution in [-0.2, 0) is 38.1 Å². The van der Waals surface area contributed by atoms with Gasteiger partial charge in [-0.2, -0.15) is 0 Å². The molecule has 0 aromatic heterocycles. The molecule has 85 heavy (non-hydrogen) atoms. The zero-order valence-corrected chi connectivity index (χ0v) is 60.4. The first-order valence-electron chi connectivity index (χ1n) is 26.7. The number of carbonyl (C=O) groups excluding carboxylic acids is 4. The molecule has 2 unspecified atom stereocenters. The van der Waals surface area contributed by atoms with Crippen LogP contribution in [0.25, 0.3) is 0 Å². The lowest BCUT2D eigenvalue weighted by Gasteiger charge is -2.38. The Hall–Kier alpha value is -4.03. The third-order valence-corrected chi connectivity index (χ3v) is 20.8. The molecule has 2 aliphatic carbocycles. The van der Waals surface area contributed by atoms with E-state index in [1.807, 2.05) is 223 Å². The first kappa shape index (κ1) is 71.7. The molecule has 4 aromatic carbocycles. The molecular weight excluding hydrogens is 1670 g/mol. The van der Waals surface area contributed by atoms with E-state index in [2.05, 4.69) is 0 Å². The van der Waals surface area contributed by atoms with Crippen molar-refractivity contribution < 1.29 is 62.9 Å². The molecule has 4 bridgehead atoms. The van der Waals surface area contributed by atoms with E-state index in [0.717, 1.165) is 7.14 Å². The summed E-state index contributed by atoms with van der Waals surface area (Å²) in [7, 11) is 0. The van der Waals surface area contributed by atoms with Crippen molar-refractivity contribution in [2.75, 3.05) is 0 Å². The normalized spacial score (nSPS) is 23.4. The summed E-state index contributed by atoms with van der Waals surface area (Å²) in [6, 6.07) is 19.7. The predicted molar refractivity (Wildman–Crippen MR) is 357 cm³/mol. The summed E-state index contributed by atoms with van der Waals surface area (Å²) in [5.74, 6) is -2.05. The molecule has 7 atom stereocenters. The Balaban J connectivity index is 0.000000221. The molecule has 4 aromatic rings. The van der Waals surface area contributed by atoms with Crippen molar-refractivity contribution in [3.63, 3.8) is 0 Å². The number of aliphatic hydroxyl groups is 1. The highest BCUT2D eigenvalue weighted by molar-refractivity contribution is 14.1. The summed E-state index contributed by atoms with van der Waals surface area (Å²) < 4.78 is 26.9. The number of nitro benzene ring substituents is 4. The lowest BCUT2D eigenvalue weighted by atomic mass is 9.66. The molecule has 0 radical (unpaired) electrons. The summed E-state index contributed by atoms with van der Waals surface area (Å²) in [6.07, 6.45) is -0.743. The van der Waals surface area contributed by atoms with Crippen LogP contribution in [0.15, 0.2) is 72.8 Å². The SMILES string of the molecule is CC(C)(C)C(O)c1ccc(I)cc1[N+](=O)[O-].CC(C)(C)C(OC(=O)[C@@]12CC[C@@](C)(C(=O)O1)C2(C)C)c1ccc(I)cc1[N+](=O)[O-].CC(C)(C)[C@@H](OC(=O)[C@@]12CC[C@@](C)(C(=O)O1)C2(C)C)c1ccc(I)cc1[N+](=O)[O-].O=[N+]([O-])c1cc(I)ccc1I. The van der Waals surface area contributed by atoms with Gasteiger partial charge in [0.15, 0.2) is 0 Å². The molecule has 26 heteroatoms. The zero-order valence-electron chi connectivity index (χ0n) is 49.6. The van der Waals surface area contributed by atoms with E-state index >= 15 is 0 Å². The molecule has 2 saturated heterocycles. The summed E-state index contributed by atoms with van der Waals surface area (Å²) in [4.78, 5) is 94.7. The van der Waals surface area contributed by atoms with Crippen molar-refractivity contribution in [2.24, 2.45) is 37.9 Å². The van der Waals surface area contributed by atoms with Crippen molar-refractivity contribution in [3.05, 3.63) is 148 Å². The highest BCUT2D eigenvalue weighted by atomic mass is 127. The fourth-order valence-corrected chi connectivity index (χ4v) is 13.4. The van der Waals surface area contributed by atoms with Gasteiger partial charge in [0.2, 0.25) is 11.2 Å². The minimum Gasteiger partial charge on any atom is -0.454 e. The first-order chi connectivity index (χ1) is 38.7. The number of aliphatic hydroxyl groups excluding tert-OH is 1. The van der Waals surface area contributed by atoms with Crippen LogP contribution < -0.4 is 0 Å². The van der Waals surface area contributed by atoms with Crippen LogP contribution in [-0.4, -0.2) is 59.9 Å². The summed E-state index contributed by atoms with van der Waals surface area (Å²) >= 11 is 10.0. The maximum absolute atomic E-state index is 13.4. The van der Waals surface area contributed by atoms with Gasteiger partial charge in [-0.25, -0.2) is 9.59 Å². The summed E-state index contributed by atoms with van der Waals surface area (Å²) in [5, 5.41) is 54.6. The molecule has 2 aliphatic heterocycles. The van der Waals surface area contributed by atoms with Gasteiger partial charge in [-0.05, 0) is 206 Å². The molecule has 1 N–H and O–H groups in total. The smallest absolute Gasteiger partial charge is 0.351 e. The van der Waals surface area contributed by atoms with E-state index in [4.69, 9.17) is 18.9 Å². The highest BCUT2D eigenvalue weighted by Crippen LogP contribution is 2.67. The Bertz CT molecular complexity index is 3210. The van der Waals surface area contributed by atoms with Gasteiger partial charge < -0.3 is 24.1 Å². The van der Waals surface area contributed by atoms with Crippen molar-refractivity contribution in [1.29, 1.82) is 0 Å². The van der Waals surface area contributed by atoms with Gasteiger partial charge in [-0.1, -0.05) is 90.0 Å². The standard InChI is InChI=1S/2C21H26INO6.C11H14INO3.C6H3I2NO2/c2*1-18(2,3)15(13-8-7-12(22)11-14(13)23(26)27)28-17(25)21-10-9-20(6,16(24)29-21)19(21,4)5;1-11(2,3)10(14)8-5-4-7(12)6-9(8)13(15)16;7-4-1-2-5(8)6(3-4)9(10)11/h2*7-8,11,15H,9-10H2,1-6H3;4-6,10,14H,1-3H3;1-3H/t15?,20-,21+;15-,20-,21+;;/m00../s1. The van der Waals surface area contributed by atoms with Gasteiger partial charge in [-0.3, -0.25) is 50.0 Å². The van der Waals surface area contributed by atoms with Crippen molar-refractivity contribution in [1.82, 2.24) is 0 Å². The van der Waals surface area contributed by atoms with E-state index in [-0.39, 0.29) is 27.7 Å². The third kappa shape index (κ3) is 14.1. The molecule has 21 nitrogen and oxygen atoms in total. The highest BCUT2D eigenvalue weighted by Gasteiger charge is 2.78.